The van der Waals surface area contributed by atoms with Crippen LogP contribution in [0.25, 0.3) is 0 Å². The minimum atomic E-state index is -1.22. The molecule has 0 aromatic heterocycles. The van der Waals surface area contributed by atoms with Gasteiger partial charge in [0.05, 0.1) is 11.9 Å². The second-order valence-corrected chi connectivity index (χ2v) is 7.11. The van der Waals surface area contributed by atoms with E-state index in [1.807, 2.05) is 91.0 Å². The Morgan fingerprint density at radius 2 is 1.32 bits per heavy atom. The summed E-state index contributed by atoms with van der Waals surface area (Å²) < 4.78 is 6.50. The lowest BCUT2D eigenvalue weighted by atomic mass is 9.80. The average molecular weight is 394 g/mol. The molecule has 28 heavy (non-hydrogen) atoms. The topological polar surface area (TPSA) is 72.6 Å². The summed E-state index contributed by atoms with van der Waals surface area (Å²) in [6, 6.07) is 27.6. The number of carboxylic acids is 1. The molecule has 0 saturated heterocycles. The first-order valence-corrected chi connectivity index (χ1v) is 9.52. The molecule has 3 aromatic rings. The summed E-state index contributed by atoms with van der Waals surface area (Å²) >= 11 is 4.68. The van der Waals surface area contributed by atoms with Crippen molar-refractivity contribution in [3.8, 4) is 0 Å². The van der Waals surface area contributed by atoms with Gasteiger partial charge < -0.3 is 15.6 Å². The summed E-state index contributed by atoms with van der Waals surface area (Å²) in [4.78, 5) is 11.7. The molecule has 2 atom stereocenters. The number of carboxylic acid groups (broad SMARTS) is 1. The number of hydrogen-bond donors (Lipinski definition) is 3. The van der Waals surface area contributed by atoms with Gasteiger partial charge in [0.15, 0.2) is 0 Å². The van der Waals surface area contributed by atoms with E-state index < -0.39 is 22.9 Å². The van der Waals surface area contributed by atoms with Crippen molar-refractivity contribution in [2.75, 3.05) is 0 Å². The van der Waals surface area contributed by atoms with Crippen LogP contribution < -0.4 is 5.73 Å². The molecule has 0 amide bonds. The predicted molar refractivity (Wildman–Crippen MR) is 113 cm³/mol. The fourth-order valence-electron chi connectivity index (χ4n) is 3.29. The highest BCUT2D eigenvalue weighted by atomic mass is 32.1. The standard InChI is InChI=1S/C23H23NO3S/c24-20(22(25)26)21(28)23(18-12-6-2-7-13-18,19-14-8-3-9-15-19)27-16-17-10-4-1-5-11-17/h1-15,20-21,28H,16,24H2,(H,25,26)/t20?,21-/m0/s1. The Kier molecular flexibility index (Phi) is 6.52. The van der Waals surface area contributed by atoms with Gasteiger partial charge in [-0.15, -0.1) is 0 Å². The lowest BCUT2D eigenvalue weighted by Crippen LogP contribution is -2.52. The maximum atomic E-state index is 11.7. The molecule has 0 radical (unpaired) electrons. The molecule has 3 aromatic carbocycles. The number of ether oxygens (including phenoxy) is 1. The number of aliphatic carboxylic acids is 1. The van der Waals surface area contributed by atoms with Crippen LogP contribution in [0.5, 0.6) is 0 Å². The summed E-state index contributed by atoms with van der Waals surface area (Å²) in [7, 11) is 0. The minimum absolute atomic E-state index is 0.286. The van der Waals surface area contributed by atoms with E-state index in [-0.39, 0.29) is 6.61 Å². The maximum absolute atomic E-state index is 11.7. The van der Waals surface area contributed by atoms with Crippen LogP contribution in [0.3, 0.4) is 0 Å². The third-order valence-corrected chi connectivity index (χ3v) is 5.44. The van der Waals surface area contributed by atoms with Gasteiger partial charge in [-0.2, -0.15) is 12.6 Å². The molecule has 0 heterocycles. The minimum Gasteiger partial charge on any atom is -0.480 e. The summed E-state index contributed by atoms with van der Waals surface area (Å²) in [6.07, 6.45) is 0. The average Bonchev–Trinajstić information content (AvgIpc) is 2.75. The number of nitrogens with two attached hydrogens (primary N) is 1. The van der Waals surface area contributed by atoms with Crippen LogP contribution in [0, 0.1) is 0 Å². The van der Waals surface area contributed by atoms with Gasteiger partial charge in [0.1, 0.15) is 11.6 Å². The normalized spacial score (nSPS) is 13.6. The van der Waals surface area contributed by atoms with E-state index >= 15 is 0 Å². The zero-order valence-corrected chi connectivity index (χ0v) is 16.2. The van der Waals surface area contributed by atoms with E-state index in [2.05, 4.69) is 12.6 Å². The Bertz CT molecular complexity index is 848. The van der Waals surface area contributed by atoms with Gasteiger partial charge in [-0.25, -0.2) is 0 Å². The van der Waals surface area contributed by atoms with Crippen molar-refractivity contribution in [2.24, 2.45) is 5.73 Å². The number of rotatable bonds is 8. The van der Waals surface area contributed by atoms with Gasteiger partial charge >= 0.3 is 5.97 Å². The predicted octanol–water partition coefficient (Wildman–Crippen LogP) is 3.86. The zero-order chi connectivity index (χ0) is 20.0. The molecule has 0 spiro atoms. The van der Waals surface area contributed by atoms with E-state index in [0.29, 0.717) is 0 Å². The van der Waals surface area contributed by atoms with Crippen LogP contribution in [0.4, 0.5) is 0 Å². The molecule has 0 aliphatic heterocycles. The van der Waals surface area contributed by atoms with Crippen LogP contribution in [0.15, 0.2) is 91.0 Å². The highest BCUT2D eigenvalue weighted by molar-refractivity contribution is 7.81. The van der Waals surface area contributed by atoms with Crippen molar-refractivity contribution in [1.29, 1.82) is 0 Å². The molecule has 0 aliphatic rings. The first-order chi connectivity index (χ1) is 13.6. The largest absolute Gasteiger partial charge is 0.480 e. The van der Waals surface area contributed by atoms with E-state index in [1.54, 1.807) is 0 Å². The number of carbonyl (C=O) groups is 1. The van der Waals surface area contributed by atoms with Crippen molar-refractivity contribution in [3.05, 3.63) is 108 Å². The molecule has 0 saturated carbocycles. The smallest absolute Gasteiger partial charge is 0.321 e. The number of thiol groups is 1. The molecule has 0 fully saturated rings. The van der Waals surface area contributed by atoms with Crippen LogP contribution >= 0.6 is 12.6 Å². The van der Waals surface area contributed by atoms with E-state index in [1.165, 1.54) is 0 Å². The zero-order valence-electron chi connectivity index (χ0n) is 15.3. The van der Waals surface area contributed by atoms with Crippen molar-refractivity contribution in [2.45, 2.75) is 23.5 Å². The molecule has 5 heteroatoms. The Morgan fingerprint density at radius 3 is 1.75 bits per heavy atom. The lowest BCUT2D eigenvalue weighted by molar-refractivity contribution is -0.140. The highest BCUT2D eigenvalue weighted by Crippen LogP contribution is 2.41. The molecule has 3 N–H and O–H groups in total. The van der Waals surface area contributed by atoms with Gasteiger partial charge in [-0.05, 0) is 16.7 Å². The van der Waals surface area contributed by atoms with Gasteiger partial charge in [-0.3, -0.25) is 4.79 Å². The van der Waals surface area contributed by atoms with Gasteiger partial charge in [-0.1, -0.05) is 91.0 Å². The van der Waals surface area contributed by atoms with Gasteiger partial charge in [0, 0.05) is 0 Å². The molecular weight excluding hydrogens is 370 g/mol. The van der Waals surface area contributed by atoms with Crippen LogP contribution in [0.2, 0.25) is 0 Å². The third-order valence-electron chi connectivity index (χ3n) is 4.76. The summed E-state index contributed by atoms with van der Waals surface area (Å²) in [5.74, 6) is -1.13. The first kappa shape index (κ1) is 20.1. The van der Waals surface area contributed by atoms with Gasteiger partial charge in [0.2, 0.25) is 0 Å². The Labute approximate surface area is 170 Å². The van der Waals surface area contributed by atoms with Crippen molar-refractivity contribution >= 4 is 18.6 Å². The van der Waals surface area contributed by atoms with Crippen LogP contribution in [0.1, 0.15) is 16.7 Å². The fraction of sp³-hybridized carbons (Fsp3) is 0.174. The SMILES string of the molecule is NC(C(=O)O)[C@H](S)C(OCc1ccccc1)(c1ccccc1)c1ccccc1. The number of hydrogen-bond acceptors (Lipinski definition) is 4. The molecule has 144 valence electrons. The van der Waals surface area contributed by atoms with Crippen LogP contribution in [-0.2, 0) is 21.7 Å². The first-order valence-electron chi connectivity index (χ1n) is 9.01. The summed E-state index contributed by atoms with van der Waals surface area (Å²) in [5, 5.41) is 8.74. The van der Waals surface area contributed by atoms with E-state index in [4.69, 9.17) is 10.5 Å². The Hall–Kier alpha value is -2.60. The van der Waals surface area contributed by atoms with E-state index in [0.717, 1.165) is 16.7 Å². The monoisotopic (exact) mass is 393 g/mol. The molecular formula is C23H23NO3S. The maximum Gasteiger partial charge on any atom is 0.321 e. The quantitative estimate of drug-likeness (QED) is 0.508. The van der Waals surface area contributed by atoms with Gasteiger partial charge in [0.25, 0.3) is 0 Å². The van der Waals surface area contributed by atoms with Crippen molar-refractivity contribution < 1.29 is 14.6 Å². The number of benzene rings is 3. The molecule has 3 rings (SSSR count). The third kappa shape index (κ3) is 4.12. The second kappa shape index (κ2) is 9.06. The summed E-state index contributed by atoms with van der Waals surface area (Å²) in [6.45, 7) is 0.286. The second-order valence-electron chi connectivity index (χ2n) is 6.55. The van der Waals surface area contributed by atoms with Crippen LogP contribution in [-0.4, -0.2) is 22.4 Å². The highest BCUT2D eigenvalue weighted by Gasteiger charge is 2.46. The fourth-order valence-corrected chi connectivity index (χ4v) is 3.79. The van der Waals surface area contributed by atoms with Crippen molar-refractivity contribution in [3.63, 3.8) is 0 Å². The van der Waals surface area contributed by atoms with Crippen molar-refractivity contribution in [1.82, 2.24) is 0 Å². The Morgan fingerprint density at radius 1 is 0.893 bits per heavy atom. The molecule has 0 bridgehead atoms. The molecule has 4 nitrogen and oxygen atoms in total. The molecule has 1 unspecified atom stereocenters. The summed E-state index contributed by atoms with van der Waals surface area (Å²) in [5.41, 5.74) is 7.47. The van der Waals surface area contributed by atoms with E-state index in [9.17, 15) is 9.90 Å². The Balaban J connectivity index is 2.15. The lowest BCUT2D eigenvalue weighted by Gasteiger charge is -2.41. The molecule has 0 aliphatic carbocycles.